The van der Waals surface area contributed by atoms with Crippen molar-refractivity contribution in [3.05, 3.63) is 27.4 Å². The average molecular weight is 254 g/mol. The highest BCUT2D eigenvalue weighted by atomic mass is 32.1. The predicted molar refractivity (Wildman–Crippen MR) is 69.7 cm³/mol. The van der Waals surface area contributed by atoms with Crippen molar-refractivity contribution in [1.29, 1.82) is 0 Å². The molecule has 0 aliphatic carbocycles. The van der Waals surface area contributed by atoms with Crippen molar-refractivity contribution in [3.63, 3.8) is 0 Å². The third kappa shape index (κ3) is 2.54. The Hall–Kier alpha value is -1.07. The van der Waals surface area contributed by atoms with Gasteiger partial charge in [-0.2, -0.15) is 0 Å². The molecule has 0 aromatic carbocycles. The second-order valence-corrected chi connectivity index (χ2v) is 5.37. The third-order valence-electron chi connectivity index (χ3n) is 2.23. The first-order valence-corrected chi connectivity index (χ1v) is 6.82. The Balaban J connectivity index is 1.96. The van der Waals surface area contributed by atoms with E-state index in [1.807, 2.05) is 17.6 Å². The lowest BCUT2D eigenvalue weighted by atomic mass is 10.4. The van der Waals surface area contributed by atoms with Crippen molar-refractivity contribution in [3.8, 4) is 5.75 Å². The van der Waals surface area contributed by atoms with Gasteiger partial charge in [-0.05, 0) is 17.9 Å². The van der Waals surface area contributed by atoms with Crippen LogP contribution in [0.3, 0.4) is 0 Å². The lowest BCUT2D eigenvalue weighted by molar-refractivity contribution is 0.413. The summed E-state index contributed by atoms with van der Waals surface area (Å²) in [5.74, 6) is 0.949. The summed E-state index contributed by atoms with van der Waals surface area (Å²) in [6.45, 7) is 2.91. The third-order valence-corrected chi connectivity index (χ3v) is 4.23. The lowest BCUT2D eigenvalue weighted by Gasteiger charge is -2.03. The van der Waals surface area contributed by atoms with Gasteiger partial charge in [0.25, 0.3) is 0 Å². The average Bonchev–Trinajstić information content (AvgIpc) is 2.94. The number of hydrogen-bond acceptors (Lipinski definition) is 5. The van der Waals surface area contributed by atoms with Crippen LogP contribution in [0.1, 0.15) is 16.7 Å². The second-order valence-electron chi connectivity index (χ2n) is 3.25. The highest BCUT2D eigenvalue weighted by Crippen LogP contribution is 2.26. The molecule has 0 saturated heterocycles. The smallest absolute Gasteiger partial charge is 0.183 e. The van der Waals surface area contributed by atoms with Gasteiger partial charge in [0.1, 0.15) is 5.75 Å². The number of nitrogens with one attached hydrogen (secondary N) is 1. The number of thiazole rings is 1. The molecule has 1 N–H and O–H groups in total. The van der Waals surface area contributed by atoms with Crippen molar-refractivity contribution in [2.24, 2.45) is 0 Å². The Bertz CT molecular complexity index is 450. The van der Waals surface area contributed by atoms with Gasteiger partial charge in [-0.25, -0.2) is 4.98 Å². The van der Waals surface area contributed by atoms with Crippen molar-refractivity contribution in [1.82, 2.24) is 4.98 Å². The summed E-state index contributed by atoms with van der Waals surface area (Å²) >= 11 is 3.41. The second kappa shape index (κ2) is 5.32. The monoisotopic (exact) mass is 254 g/mol. The van der Waals surface area contributed by atoms with E-state index >= 15 is 0 Å². The molecular weight excluding hydrogens is 240 g/mol. The molecule has 86 valence electrons. The fourth-order valence-corrected chi connectivity index (χ4v) is 2.87. The maximum Gasteiger partial charge on any atom is 0.183 e. The van der Waals surface area contributed by atoms with Crippen LogP contribution in [0.4, 0.5) is 5.13 Å². The molecule has 0 spiro atoms. The molecule has 0 atom stereocenters. The number of thiophene rings is 1. The Kier molecular flexibility index (Phi) is 3.79. The molecule has 2 aromatic rings. The van der Waals surface area contributed by atoms with Crippen molar-refractivity contribution in [2.45, 2.75) is 19.9 Å². The van der Waals surface area contributed by atoms with Crippen LogP contribution >= 0.6 is 22.7 Å². The highest BCUT2D eigenvalue weighted by Gasteiger charge is 2.05. The van der Waals surface area contributed by atoms with Crippen LogP contribution in [0.5, 0.6) is 5.75 Å². The Morgan fingerprint density at radius 2 is 2.38 bits per heavy atom. The van der Waals surface area contributed by atoms with Gasteiger partial charge < -0.3 is 10.1 Å². The zero-order valence-electron chi connectivity index (χ0n) is 9.32. The summed E-state index contributed by atoms with van der Waals surface area (Å²) < 4.78 is 5.25. The highest BCUT2D eigenvalue weighted by molar-refractivity contribution is 7.15. The van der Waals surface area contributed by atoms with Crippen molar-refractivity contribution < 1.29 is 4.74 Å². The molecule has 0 aliphatic heterocycles. The minimum absolute atomic E-state index is 0.775. The van der Waals surface area contributed by atoms with Gasteiger partial charge >= 0.3 is 0 Å². The summed E-state index contributed by atoms with van der Waals surface area (Å²) in [5.41, 5.74) is 0. The molecule has 5 heteroatoms. The van der Waals surface area contributed by atoms with E-state index in [2.05, 4.69) is 17.2 Å². The van der Waals surface area contributed by atoms with Gasteiger partial charge in [0.2, 0.25) is 0 Å². The summed E-state index contributed by atoms with van der Waals surface area (Å²) in [6, 6.07) is 1.99. The number of nitrogens with zero attached hydrogens (tertiary/aromatic N) is 1. The van der Waals surface area contributed by atoms with E-state index in [1.165, 1.54) is 9.75 Å². The molecule has 0 bridgehead atoms. The first-order valence-electron chi connectivity index (χ1n) is 5.12. The zero-order valence-corrected chi connectivity index (χ0v) is 11.0. The Morgan fingerprint density at radius 3 is 3.06 bits per heavy atom. The van der Waals surface area contributed by atoms with E-state index in [9.17, 15) is 0 Å². The molecule has 0 amide bonds. The summed E-state index contributed by atoms with van der Waals surface area (Å²) in [5, 5.41) is 6.33. The van der Waals surface area contributed by atoms with Crippen LogP contribution in [0.15, 0.2) is 17.6 Å². The lowest BCUT2D eigenvalue weighted by Crippen LogP contribution is -1.98. The van der Waals surface area contributed by atoms with Crippen LogP contribution in [0, 0.1) is 0 Å². The van der Waals surface area contributed by atoms with Crippen LogP contribution in [-0.4, -0.2) is 12.1 Å². The number of hydrogen-bond donors (Lipinski definition) is 1. The topological polar surface area (TPSA) is 34.2 Å². The Morgan fingerprint density at radius 1 is 1.50 bits per heavy atom. The number of ether oxygens (including phenoxy) is 1. The maximum absolute atomic E-state index is 5.25. The standard InChI is InChI=1S/C11H14N2OS2/c1-3-8-6-12-11(16-8)13-7-10-9(14-2)4-5-15-10/h4-6H,3,7H2,1-2H3,(H,12,13). The van der Waals surface area contributed by atoms with Gasteiger partial charge in [0.05, 0.1) is 18.5 Å². The number of methoxy groups -OCH3 is 1. The molecular formula is C11H14N2OS2. The van der Waals surface area contributed by atoms with Crippen LogP contribution < -0.4 is 10.1 Å². The molecule has 3 nitrogen and oxygen atoms in total. The van der Waals surface area contributed by atoms with Crippen LogP contribution in [0.25, 0.3) is 0 Å². The summed E-state index contributed by atoms with van der Waals surface area (Å²) in [6.07, 6.45) is 2.97. The number of rotatable bonds is 5. The van der Waals surface area contributed by atoms with Crippen molar-refractivity contribution >= 4 is 27.8 Å². The number of aromatic nitrogens is 1. The molecule has 0 unspecified atom stereocenters. The molecule has 2 aromatic heterocycles. The van der Waals surface area contributed by atoms with Gasteiger partial charge in [-0.1, -0.05) is 6.92 Å². The van der Waals surface area contributed by atoms with Gasteiger partial charge in [0.15, 0.2) is 5.13 Å². The Labute approximate surface area is 103 Å². The van der Waals surface area contributed by atoms with E-state index in [0.29, 0.717) is 0 Å². The quantitative estimate of drug-likeness (QED) is 0.888. The fourth-order valence-electron chi connectivity index (χ4n) is 1.35. The van der Waals surface area contributed by atoms with Gasteiger partial charge in [-0.3, -0.25) is 0 Å². The number of aryl methyl sites for hydroxylation is 1. The molecule has 2 rings (SSSR count). The molecule has 0 aliphatic rings. The molecule has 0 saturated carbocycles. The van der Waals surface area contributed by atoms with E-state index in [4.69, 9.17) is 4.74 Å². The van der Waals surface area contributed by atoms with Gasteiger partial charge in [-0.15, -0.1) is 22.7 Å². The largest absolute Gasteiger partial charge is 0.496 e. The molecule has 16 heavy (non-hydrogen) atoms. The summed E-state index contributed by atoms with van der Waals surface area (Å²) in [4.78, 5) is 6.82. The van der Waals surface area contributed by atoms with E-state index in [1.54, 1.807) is 29.8 Å². The SMILES string of the molecule is CCc1cnc(NCc2sccc2OC)s1. The molecule has 0 radical (unpaired) electrons. The van der Waals surface area contributed by atoms with E-state index < -0.39 is 0 Å². The van der Waals surface area contributed by atoms with Crippen LogP contribution in [-0.2, 0) is 13.0 Å². The van der Waals surface area contributed by atoms with E-state index in [-0.39, 0.29) is 0 Å². The van der Waals surface area contributed by atoms with Crippen LogP contribution in [0.2, 0.25) is 0 Å². The normalized spacial score (nSPS) is 10.4. The minimum Gasteiger partial charge on any atom is -0.496 e. The molecule has 0 fully saturated rings. The van der Waals surface area contributed by atoms with Crippen molar-refractivity contribution in [2.75, 3.05) is 12.4 Å². The first kappa shape index (κ1) is 11.4. The zero-order chi connectivity index (χ0) is 11.4. The van der Waals surface area contributed by atoms with Gasteiger partial charge in [0, 0.05) is 11.1 Å². The number of anilines is 1. The minimum atomic E-state index is 0.775. The maximum atomic E-state index is 5.25. The first-order chi connectivity index (χ1) is 7.83. The fraction of sp³-hybridized carbons (Fsp3) is 0.364. The summed E-state index contributed by atoms with van der Waals surface area (Å²) in [7, 11) is 1.70. The molecule has 2 heterocycles. The van der Waals surface area contributed by atoms with E-state index in [0.717, 1.165) is 23.8 Å². The predicted octanol–water partition coefficient (Wildman–Crippen LogP) is 3.39.